The van der Waals surface area contributed by atoms with Crippen LogP contribution >= 0.6 is 0 Å². The van der Waals surface area contributed by atoms with Gasteiger partial charge in [0.1, 0.15) is 24.4 Å². The second kappa shape index (κ2) is 25.8. The van der Waals surface area contributed by atoms with Gasteiger partial charge in [-0.1, -0.05) is 18.2 Å². The van der Waals surface area contributed by atoms with E-state index in [1.807, 2.05) is 71.9 Å². The number of nitrogens with zero attached hydrogens (tertiary/aromatic N) is 4. The van der Waals surface area contributed by atoms with Gasteiger partial charge in [-0.05, 0) is 189 Å². The molecule has 2 fully saturated rings. The minimum Gasteiger partial charge on any atom is -0.456 e. The van der Waals surface area contributed by atoms with E-state index < -0.39 is 17.1 Å². The van der Waals surface area contributed by atoms with Crippen molar-refractivity contribution >= 4 is 24.2 Å². The maximum absolute atomic E-state index is 14.4. The van der Waals surface area contributed by atoms with Crippen molar-refractivity contribution in [3.05, 3.63) is 70.3 Å². The molecule has 0 saturated heterocycles. The maximum Gasteiger partial charge on any atom is 0.410 e. The number of benzene rings is 3. The van der Waals surface area contributed by atoms with E-state index in [9.17, 15) is 19.2 Å². The van der Waals surface area contributed by atoms with Gasteiger partial charge >= 0.3 is 24.2 Å². The van der Waals surface area contributed by atoms with Crippen LogP contribution in [-0.2, 0) is 43.0 Å². The summed E-state index contributed by atoms with van der Waals surface area (Å²) in [6.07, 6.45) is 3.58. The molecule has 0 radical (unpaired) electrons. The predicted octanol–water partition coefficient (Wildman–Crippen LogP) is 10.3. The van der Waals surface area contributed by atoms with E-state index in [0.29, 0.717) is 99.7 Å². The second-order valence-electron chi connectivity index (χ2n) is 24.5. The second-order valence-corrected chi connectivity index (χ2v) is 24.5. The molecule has 3 aliphatic heterocycles. The van der Waals surface area contributed by atoms with Crippen LogP contribution in [0.3, 0.4) is 0 Å². The molecule has 2 aliphatic carbocycles. The average Bonchev–Trinajstić information content (AvgIpc) is 4.23. The number of nitrogens with two attached hydrogens (primary N) is 1. The number of rotatable bonds is 20. The van der Waals surface area contributed by atoms with Crippen molar-refractivity contribution in [2.45, 2.75) is 194 Å². The molecule has 3 amide bonds. The summed E-state index contributed by atoms with van der Waals surface area (Å²) < 4.78 is 59.6. The number of esters is 1. The summed E-state index contributed by atoms with van der Waals surface area (Å²) in [5.41, 5.74) is 10.1. The van der Waals surface area contributed by atoms with Crippen LogP contribution in [0, 0.1) is 5.41 Å². The van der Waals surface area contributed by atoms with Gasteiger partial charge in [0, 0.05) is 72.8 Å². The fourth-order valence-electron chi connectivity index (χ4n) is 12.2. The molecule has 9 atom stereocenters. The van der Waals surface area contributed by atoms with Gasteiger partial charge in [0.25, 0.3) is 0 Å². The number of hydrogen-bond donors (Lipinski definition) is 1. The van der Waals surface area contributed by atoms with Gasteiger partial charge in [-0.2, -0.15) is 0 Å². The first kappa shape index (κ1) is 60.7. The maximum atomic E-state index is 14.4. The van der Waals surface area contributed by atoms with E-state index in [0.717, 1.165) is 40.0 Å². The molecule has 8 rings (SSSR count). The van der Waals surface area contributed by atoms with Gasteiger partial charge in [0.15, 0.2) is 34.5 Å². The van der Waals surface area contributed by atoms with Crippen LogP contribution in [-0.4, -0.2) is 153 Å². The van der Waals surface area contributed by atoms with Crippen molar-refractivity contribution in [3.8, 4) is 34.5 Å². The summed E-state index contributed by atoms with van der Waals surface area (Å²) in [5.74, 6) is 3.44. The summed E-state index contributed by atoms with van der Waals surface area (Å²) in [4.78, 5) is 61.9. The van der Waals surface area contributed by atoms with Crippen LogP contribution in [0.4, 0.5) is 14.4 Å². The number of fused-ring (bicyclic) bond motifs is 3. The lowest BCUT2D eigenvalue weighted by Crippen LogP contribution is -2.45. The Kier molecular flexibility index (Phi) is 19.4. The van der Waals surface area contributed by atoms with Crippen LogP contribution in [0.15, 0.2) is 42.5 Å². The smallest absolute Gasteiger partial charge is 0.410 e. The Morgan fingerprint density at radius 1 is 0.580 bits per heavy atom. The van der Waals surface area contributed by atoms with Crippen molar-refractivity contribution < 1.29 is 66.5 Å². The third kappa shape index (κ3) is 14.5. The molecule has 3 heterocycles. The first-order chi connectivity index (χ1) is 38.5. The molecule has 0 spiro atoms. The third-order valence-electron chi connectivity index (χ3n) is 16.6. The lowest BCUT2D eigenvalue weighted by Gasteiger charge is -2.40. The minimum atomic E-state index is -1.01. The first-order valence-electron chi connectivity index (χ1n) is 29.2. The molecule has 446 valence electrons. The number of carbonyl (C=O) groups is 4. The first-order valence-corrected chi connectivity index (χ1v) is 29.2. The summed E-state index contributed by atoms with van der Waals surface area (Å²) in [6, 6.07) is 13.4. The Morgan fingerprint density at radius 2 is 1.04 bits per heavy atom. The Bertz CT molecular complexity index is 2710. The van der Waals surface area contributed by atoms with Crippen molar-refractivity contribution in [2.24, 2.45) is 11.1 Å². The summed E-state index contributed by atoms with van der Waals surface area (Å²) in [5, 5.41) is 0. The van der Waals surface area contributed by atoms with E-state index in [4.69, 9.17) is 53.1 Å². The molecular formula is C62H89N5O14. The van der Waals surface area contributed by atoms with E-state index in [1.54, 1.807) is 49.3 Å². The molecular weight excluding hydrogens is 1040 g/mol. The number of carbonyl (C=O) groups excluding carboxylic acids is 4. The van der Waals surface area contributed by atoms with E-state index in [2.05, 4.69) is 31.1 Å². The highest BCUT2D eigenvalue weighted by Crippen LogP contribution is 2.48. The van der Waals surface area contributed by atoms with Gasteiger partial charge in [0.05, 0.1) is 5.41 Å². The lowest BCUT2D eigenvalue weighted by atomic mass is 9.77. The van der Waals surface area contributed by atoms with E-state index in [-0.39, 0.29) is 99.4 Å². The molecule has 2 N–H and O–H groups in total. The quantitative estimate of drug-likeness (QED) is 0.0827. The largest absolute Gasteiger partial charge is 0.456 e. The van der Waals surface area contributed by atoms with E-state index in [1.165, 1.54) is 0 Å². The minimum absolute atomic E-state index is 0.0715. The SMILES string of the molecule is CCN(C(=O)OCC(C)(C)OC(=O)C(C)(C)C)C(C)Cc1cc2c(c(C3CC(OC(=O)N(CC)C(C)Cc4cc5c(c(C6CC(OC(=O)N(CC)C(C)Cc7ccc8c(c7)OCO8)CCC6N)c4)OCO5)CCC3N(C)C)c1)OCO2. The van der Waals surface area contributed by atoms with Crippen LogP contribution < -0.4 is 34.2 Å². The average molecular weight is 1130 g/mol. The zero-order valence-corrected chi connectivity index (χ0v) is 50.1. The van der Waals surface area contributed by atoms with Gasteiger partial charge < -0.3 is 72.7 Å². The van der Waals surface area contributed by atoms with Gasteiger partial charge in [0.2, 0.25) is 20.4 Å². The molecule has 3 aromatic rings. The van der Waals surface area contributed by atoms with Crippen molar-refractivity contribution in [1.82, 2.24) is 19.6 Å². The predicted molar refractivity (Wildman–Crippen MR) is 304 cm³/mol. The Labute approximate surface area is 479 Å². The zero-order chi connectivity index (χ0) is 58.5. The van der Waals surface area contributed by atoms with Crippen LogP contribution in [0.5, 0.6) is 34.5 Å². The molecule has 3 aromatic carbocycles. The van der Waals surface area contributed by atoms with Crippen LogP contribution in [0.25, 0.3) is 0 Å². The van der Waals surface area contributed by atoms with Crippen LogP contribution in [0.1, 0.15) is 154 Å². The normalized spacial score (nSPS) is 22.1. The summed E-state index contributed by atoms with van der Waals surface area (Å²) in [6.45, 7) is 22.3. The van der Waals surface area contributed by atoms with Crippen molar-refractivity contribution in [2.75, 3.05) is 60.7 Å². The van der Waals surface area contributed by atoms with Gasteiger partial charge in [-0.15, -0.1) is 0 Å². The topological polar surface area (TPSA) is 200 Å². The molecule has 19 nitrogen and oxygen atoms in total. The van der Waals surface area contributed by atoms with E-state index >= 15 is 0 Å². The fraction of sp³-hybridized carbons (Fsp3) is 0.645. The zero-order valence-electron chi connectivity index (χ0n) is 50.1. The van der Waals surface area contributed by atoms with Crippen molar-refractivity contribution in [3.63, 3.8) is 0 Å². The Morgan fingerprint density at radius 3 is 1.57 bits per heavy atom. The molecule has 19 heteroatoms. The Hall–Kier alpha value is -6.34. The molecule has 2 saturated carbocycles. The number of ether oxygens (including phenoxy) is 10. The molecule has 0 aromatic heterocycles. The molecule has 0 bridgehead atoms. The van der Waals surface area contributed by atoms with Gasteiger partial charge in [-0.3, -0.25) is 4.79 Å². The fourth-order valence-corrected chi connectivity index (χ4v) is 12.2. The Balaban J connectivity index is 0.912. The highest BCUT2D eigenvalue weighted by molar-refractivity contribution is 5.76. The molecule has 5 aliphatic rings. The lowest BCUT2D eigenvalue weighted by molar-refractivity contribution is -0.170. The standard InChI is InChI=1S/C62H89N5O14/c1-14-65(58(69)72-33-62(10,11)81-57(68)61(7,8)9)38(5)24-42-27-48(56-54(30-42)76-36-78-56)46-32-44(19-21-50(46)64(12)13)80-60(71)67(16-3)39(6)25-41-26-47(55-53(29-41)75-35-77-55)45-31-43(18-20-49(45)63)79-59(70)66(15-2)37(4)23-40-17-22-51-52(28-40)74-34-73-51/h17,22,26-30,37-39,43-46,49-50H,14-16,18-21,23-25,31-36,63H2,1-13H3. The molecule has 81 heavy (non-hydrogen) atoms. The monoisotopic (exact) mass is 1130 g/mol. The summed E-state index contributed by atoms with van der Waals surface area (Å²) in [7, 11) is 4.15. The van der Waals surface area contributed by atoms with Gasteiger partial charge in [-0.25, -0.2) is 14.4 Å². The highest BCUT2D eigenvalue weighted by atomic mass is 16.7. The number of hydrogen-bond acceptors (Lipinski definition) is 16. The third-order valence-corrected chi connectivity index (χ3v) is 16.6. The number of likely N-dealkylation sites (N-methyl/N-ethyl adjacent to an activating group) is 4. The highest BCUT2D eigenvalue weighted by Gasteiger charge is 2.41. The molecule has 9 unspecified atom stereocenters. The number of amides is 3. The summed E-state index contributed by atoms with van der Waals surface area (Å²) >= 11 is 0. The van der Waals surface area contributed by atoms with Crippen molar-refractivity contribution in [1.29, 1.82) is 0 Å². The van der Waals surface area contributed by atoms with Crippen LogP contribution in [0.2, 0.25) is 0 Å².